The van der Waals surface area contributed by atoms with Gasteiger partial charge in [-0.15, -0.1) is 0 Å². The predicted molar refractivity (Wildman–Crippen MR) is 110 cm³/mol. The molecule has 146 valence electrons. The van der Waals surface area contributed by atoms with Gasteiger partial charge in [-0.2, -0.15) is 0 Å². The molecule has 0 spiro atoms. The number of amides is 1. The highest BCUT2D eigenvalue weighted by Crippen LogP contribution is 2.23. The maximum Gasteiger partial charge on any atom is 0.252 e. The van der Waals surface area contributed by atoms with E-state index in [0.29, 0.717) is 16.6 Å². The van der Waals surface area contributed by atoms with Crippen LogP contribution in [-0.2, 0) is 6.54 Å². The third-order valence-electron chi connectivity index (χ3n) is 4.66. The molecule has 29 heavy (non-hydrogen) atoms. The molecule has 4 aromatic rings. The lowest BCUT2D eigenvalue weighted by Crippen LogP contribution is -2.31. The maximum atomic E-state index is 13.4. The predicted octanol–water partition coefficient (Wildman–Crippen LogP) is 5.25. The van der Waals surface area contributed by atoms with E-state index in [2.05, 4.69) is 26.2 Å². The van der Waals surface area contributed by atoms with Crippen molar-refractivity contribution in [2.24, 2.45) is 0 Å². The first kappa shape index (κ1) is 19.3. The lowest BCUT2D eigenvalue weighted by atomic mass is 10.1. The molecule has 0 radical (unpaired) electrons. The summed E-state index contributed by atoms with van der Waals surface area (Å²) in [6.07, 6.45) is 1.71. The molecule has 1 N–H and O–H groups in total. The molecule has 4 rings (SSSR count). The molecule has 0 unspecified atom stereocenters. The summed E-state index contributed by atoms with van der Waals surface area (Å²) < 4.78 is 29.1. The number of para-hydroxylation sites is 2. The lowest BCUT2D eigenvalue weighted by Gasteiger charge is -2.21. The number of aromatic nitrogens is 2. The van der Waals surface area contributed by atoms with Crippen LogP contribution in [0.2, 0.25) is 0 Å². The van der Waals surface area contributed by atoms with E-state index in [9.17, 15) is 13.6 Å². The Labute approximate surface area is 174 Å². The number of fused-ring (bicyclic) bond motifs is 1. The molecule has 4 nitrogen and oxygen atoms in total. The SMILES string of the molecule is O=C(N[C@H](Cn1cnc2ccccc21)c1ccc(F)cc1)c1ccc(F)cc1Br. The van der Waals surface area contributed by atoms with Crippen LogP contribution < -0.4 is 5.32 Å². The number of nitrogens with one attached hydrogen (secondary N) is 1. The lowest BCUT2D eigenvalue weighted by molar-refractivity contribution is 0.0932. The number of carbonyl (C=O) groups is 1. The second-order valence-corrected chi connectivity index (χ2v) is 7.44. The van der Waals surface area contributed by atoms with E-state index in [1.54, 1.807) is 18.5 Å². The first-order valence-electron chi connectivity index (χ1n) is 8.92. The van der Waals surface area contributed by atoms with Gasteiger partial charge in [-0.3, -0.25) is 4.79 Å². The van der Waals surface area contributed by atoms with Crippen molar-refractivity contribution >= 4 is 32.9 Å². The summed E-state index contributed by atoms with van der Waals surface area (Å²) in [4.78, 5) is 17.2. The minimum absolute atomic E-state index is 0.314. The van der Waals surface area contributed by atoms with E-state index < -0.39 is 11.9 Å². The standard InChI is InChI=1S/C22H16BrF2N3O/c23-18-11-16(25)9-10-17(18)22(29)27-20(14-5-7-15(24)8-6-14)12-28-13-26-19-3-1-2-4-21(19)28/h1-11,13,20H,12H2,(H,27,29)/t20-/m1/s1. The van der Waals surface area contributed by atoms with Gasteiger partial charge < -0.3 is 9.88 Å². The van der Waals surface area contributed by atoms with Crippen LogP contribution >= 0.6 is 15.9 Å². The number of benzene rings is 3. The molecule has 1 atom stereocenters. The summed E-state index contributed by atoms with van der Waals surface area (Å²) in [5.41, 5.74) is 2.83. The van der Waals surface area contributed by atoms with Crippen molar-refractivity contribution in [2.45, 2.75) is 12.6 Å². The summed E-state index contributed by atoms with van der Waals surface area (Å²) in [7, 11) is 0. The van der Waals surface area contributed by atoms with Crippen LogP contribution in [-0.4, -0.2) is 15.5 Å². The van der Waals surface area contributed by atoms with Crippen LogP contribution in [0.5, 0.6) is 0 Å². The number of hydrogen-bond acceptors (Lipinski definition) is 2. The van der Waals surface area contributed by atoms with E-state index in [4.69, 9.17) is 0 Å². The van der Waals surface area contributed by atoms with Crippen molar-refractivity contribution in [1.29, 1.82) is 0 Å². The van der Waals surface area contributed by atoms with E-state index in [1.807, 2.05) is 28.8 Å². The molecule has 7 heteroatoms. The first-order chi connectivity index (χ1) is 14.0. The number of nitrogens with zero attached hydrogens (tertiary/aromatic N) is 2. The fourth-order valence-electron chi connectivity index (χ4n) is 3.19. The number of halogens is 3. The Morgan fingerprint density at radius 3 is 2.52 bits per heavy atom. The Bertz CT molecular complexity index is 1170. The number of hydrogen-bond donors (Lipinski definition) is 1. The van der Waals surface area contributed by atoms with Crippen LogP contribution in [0.4, 0.5) is 8.78 Å². The zero-order chi connectivity index (χ0) is 20.4. The van der Waals surface area contributed by atoms with Gasteiger partial charge in [0.1, 0.15) is 11.6 Å². The quantitative estimate of drug-likeness (QED) is 0.446. The molecular weight excluding hydrogens is 440 g/mol. The number of carbonyl (C=O) groups excluding carboxylic acids is 1. The Morgan fingerprint density at radius 1 is 1.03 bits per heavy atom. The Morgan fingerprint density at radius 2 is 1.76 bits per heavy atom. The van der Waals surface area contributed by atoms with Crippen molar-refractivity contribution in [2.75, 3.05) is 0 Å². The van der Waals surface area contributed by atoms with Gasteiger partial charge >= 0.3 is 0 Å². The Balaban J connectivity index is 1.66. The van der Waals surface area contributed by atoms with Crippen molar-refractivity contribution in [3.8, 4) is 0 Å². The van der Waals surface area contributed by atoms with Gasteiger partial charge in [0.05, 0.1) is 29.0 Å². The number of rotatable bonds is 5. The van der Waals surface area contributed by atoms with Crippen LogP contribution in [0.3, 0.4) is 0 Å². The zero-order valence-corrected chi connectivity index (χ0v) is 16.7. The molecule has 0 fully saturated rings. The van der Waals surface area contributed by atoms with Crippen LogP contribution in [0, 0.1) is 11.6 Å². The molecule has 0 saturated carbocycles. The van der Waals surface area contributed by atoms with E-state index in [0.717, 1.165) is 16.6 Å². The summed E-state index contributed by atoms with van der Waals surface area (Å²) >= 11 is 3.23. The fourth-order valence-corrected chi connectivity index (χ4v) is 3.72. The highest BCUT2D eigenvalue weighted by molar-refractivity contribution is 9.10. The minimum atomic E-state index is -0.447. The molecule has 3 aromatic carbocycles. The number of imidazole rings is 1. The van der Waals surface area contributed by atoms with Crippen LogP contribution in [0.25, 0.3) is 11.0 Å². The monoisotopic (exact) mass is 455 g/mol. The Hall–Kier alpha value is -3.06. The van der Waals surface area contributed by atoms with Gasteiger partial charge in [0.15, 0.2) is 0 Å². The molecule has 0 aliphatic rings. The van der Waals surface area contributed by atoms with E-state index >= 15 is 0 Å². The summed E-state index contributed by atoms with van der Waals surface area (Å²) in [6.45, 7) is 0.400. The van der Waals surface area contributed by atoms with Crippen molar-refractivity contribution in [3.05, 3.63) is 100 Å². The largest absolute Gasteiger partial charge is 0.343 e. The van der Waals surface area contributed by atoms with Crippen molar-refractivity contribution in [1.82, 2.24) is 14.9 Å². The van der Waals surface area contributed by atoms with Crippen LogP contribution in [0.15, 0.2) is 77.5 Å². The average Bonchev–Trinajstić information content (AvgIpc) is 3.11. The maximum absolute atomic E-state index is 13.4. The van der Waals surface area contributed by atoms with Crippen molar-refractivity contribution < 1.29 is 13.6 Å². The molecule has 0 bridgehead atoms. The molecule has 1 heterocycles. The molecule has 0 saturated heterocycles. The van der Waals surface area contributed by atoms with Gasteiger partial charge in [0.25, 0.3) is 5.91 Å². The minimum Gasteiger partial charge on any atom is -0.343 e. The van der Waals surface area contributed by atoms with E-state index in [-0.39, 0.29) is 11.7 Å². The first-order valence-corrected chi connectivity index (χ1v) is 9.72. The molecule has 1 aromatic heterocycles. The smallest absolute Gasteiger partial charge is 0.252 e. The van der Waals surface area contributed by atoms with Gasteiger partial charge in [0, 0.05) is 11.0 Å². The van der Waals surface area contributed by atoms with Gasteiger partial charge in [-0.25, -0.2) is 13.8 Å². The normalized spacial score (nSPS) is 12.1. The average molecular weight is 456 g/mol. The highest BCUT2D eigenvalue weighted by Gasteiger charge is 2.19. The third-order valence-corrected chi connectivity index (χ3v) is 5.32. The van der Waals surface area contributed by atoms with Crippen molar-refractivity contribution in [3.63, 3.8) is 0 Å². The molecule has 0 aliphatic carbocycles. The topological polar surface area (TPSA) is 46.9 Å². The summed E-state index contributed by atoms with van der Waals surface area (Å²) in [5, 5.41) is 2.97. The molecule has 1 amide bonds. The highest BCUT2D eigenvalue weighted by atomic mass is 79.9. The molecular formula is C22H16BrF2N3O. The third kappa shape index (κ3) is 4.19. The van der Waals surface area contributed by atoms with Gasteiger partial charge in [-0.05, 0) is 64.0 Å². The zero-order valence-electron chi connectivity index (χ0n) is 15.1. The van der Waals surface area contributed by atoms with Gasteiger partial charge in [-0.1, -0.05) is 24.3 Å². The fraction of sp³-hybridized carbons (Fsp3) is 0.0909. The van der Waals surface area contributed by atoms with Gasteiger partial charge in [0.2, 0.25) is 0 Å². The second kappa shape index (κ2) is 8.13. The van der Waals surface area contributed by atoms with E-state index in [1.165, 1.54) is 30.3 Å². The Kier molecular flexibility index (Phi) is 5.40. The summed E-state index contributed by atoms with van der Waals surface area (Å²) in [5.74, 6) is -1.16. The van der Waals surface area contributed by atoms with Crippen LogP contribution in [0.1, 0.15) is 22.0 Å². The summed E-state index contributed by atoms with van der Waals surface area (Å²) in [6, 6.07) is 17.1. The molecule has 0 aliphatic heterocycles. The second-order valence-electron chi connectivity index (χ2n) is 6.59.